The van der Waals surface area contributed by atoms with Gasteiger partial charge in [-0.25, -0.2) is 0 Å². The van der Waals surface area contributed by atoms with Gasteiger partial charge in [0.1, 0.15) is 5.82 Å². The number of nitrogens with zero attached hydrogens (tertiary/aromatic N) is 3. The molecule has 116 valence electrons. The molecule has 2 aromatic rings. The molecular weight excluding hydrogens is 364 g/mol. The van der Waals surface area contributed by atoms with Crippen LogP contribution in [0.2, 0.25) is 0 Å². The number of carbonyl (C=O) groups is 1. The summed E-state index contributed by atoms with van der Waals surface area (Å²) in [5.41, 5.74) is 0.784. The molecule has 0 bridgehead atoms. The lowest BCUT2D eigenvalue weighted by atomic mass is 10.3. The highest BCUT2D eigenvalue weighted by Crippen LogP contribution is 2.39. The van der Waals surface area contributed by atoms with Crippen LogP contribution < -0.4 is 5.32 Å². The molecule has 0 aliphatic heterocycles. The first kappa shape index (κ1) is 15.6. The van der Waals surface area contributed by atoms with Crippen molar-refractivity contribution < 1.29 is 4.79 Å². The smallest absolute Gasteiger partial charge is 0.237 e. The second kappa shape index (κ2) is 6.42. The van der Waals surface area contributed by atoms with Gasteiger partial charge in [0.25, 0.3) is 0 Å². The Balaban J connectivity index is 1.66. The van der Waals surface area contributed by atoms with E-state index in [1.54, 1.807) is 0 Å². The molecule has 0 saturated heterocycles. The monoisotopic (exact) mass is 380 g/mol. The Morgan fingerprint density at radius 3 is 2.91 bits per heavy atom. The molecule has 5 nitrogen and oxygen atoms in total. The van der Waals surface area contributed by atoms with E-state index in [4.69, 9.17) is 0 Å². The van der Waals surface area contributed by atoms with Crippen molar-refractivity contribution in [2.24, 2.45) is 0 Å². The Labute approximate surface area is 142 Å². The molecule has 1 N–H and O–H groups in total. The average Bonchev–Trinajstić information content (AvgIpc) is 3.24. The highest BCUT2D eigenvalue weighted by atomic mass is 79.9. The third kappa shape index (κ3) is 3.52. The Morgan fingerprint density at radius 1 is 1.45 bits per heavy atom. The molecule has 1 aromatic heterocycles. The number of hydrogen-bond donors (Lipinski definition) is 1. The van der Waals surface area contributed by atoms with Crippen LogP contribution in [0.3, 0.4) is 0 Å². The van der Waals surface area contributed by atoms with Crippen molar-refractivity contribution in [2.45, 2.75) is 43.1 Å². The topological polar surface area (TPSA) is 59.8 Å². The first-order valence-corrected chi connectivity index (χ1v) is 8.86. The highest BCUT2D eigenvalue weighted by Gasteiger charge is 2.29. The van der Waals surface area contributed by atoms with Gasteiger partial charge >= 0.3 is 0 Å². The molecule has 1 amide bonds. The normalized spacial score (nSPS) is 15.6. The molecule has 1 atom stereocenters. The van der Waals surface area contributed by atoms with E-state index in [0.717, 1.165) is 21.1 Å². The number of benzene rings is 1. The van der Waals surface area contributed by atoms with Gasteiger partial charge < -0.3 is 9.88 Å². The van der Waals surface area contributed by atoms with Crippen molar-refractivity contribution in [3.05, 3.63) is 34.6 Å². The maximum absolute atomic E-state index is 12.3. The summed E-state index contributed by atoms with van der Waals surface area (Å²) in [6.07, 6.45) is 2.34. The van der Waals surface area contributed by atoms with Crippen molar-refractivity contribution in [1.29, 1.82) is 0 Å². The number of carbonyl (C=O) groups excluding carboxylic acids is 1. The molecule has 22 heavy (non-hydrogen) atoms. The minimum absolute atomic E-state index is 0.0360. The molecule has 1 aliphatic carbocycles. The van der Waals surface area contributed by atoms with E-state index in [0.29, 0.717) is 6.04 Å². The number of aromatic nitrogens is 3. The van der Waals surface area contributed by atoms with Gasteiger partial charge in [0.05, 0.1) is 5.25 Å². The summed E-state index contributed by atoms with van der Waals surface area (Å²) in [7, 11) is 0. The Hall–Kier alpha value is -1.34. The standard InChI is InChI=1S/C15H17BrN4OS/c1-9(14(21)17-12-5-3-4-11(16)8-12)22-15-19-18-10(2)20(15)13-6-7-13/h3-5,8-9,13H,6-7H2,1-2H3,(H,17,21)/t9-/m1/s1. The number of halogens is 1. The van der Waals surface area contributed by atoms with Crippen LogP contribution in [0.25, 0.3) is 0 Å². The summed E-state index contributed by atoms with van der Waals surface area (Å²) >= 11 is 4.86. The lowest BCUT2D eigenvalue weighted by Crippen LogP contribution is -2.23. The van der Waals surface area contributed by atoms with Crippen molar-refractivity contribution in [3.63, 3.8) is 0 Å². The number of hydrogen-bond acceptors (Lipinski definition) is 4. The summed E-state index contributed by atoms with van der Waals surface area (Å²) < 4.78 is 3.09. The minimum Gasteiger partial charge on any atom is -0.325 e. The number of thioether (sulfide) groups is 1. The fourth-order valence-electron chi connectivity index (χ4n) is 2.21. The van der Waals surface area contributed by atoms with Crippen LogP contribution in [0.4, 0.5) is 5.69 Å². The number of nitrogens with one attached hydrogen (secondary N) is 1. The summed E-state index contributed by atoms with van der Waals surface area (Å²) in [4.78, 5) is 12.3. The number of anilines is 1. The predicted octanol–water partition coefficient (Wildman–Crippen LogP) is 3.80. The van der Waals surface area contributed by atoms with E-state index < -0.39 is 0 Å². The lowest BCUT2D eigenvalue weighted by Gasteiger charge is -2.13. The van der Waals surface area contributed by atoms with Gasteiger partial charge in [-0.3, -0.25) is 4.79 Å². The molecule has 1 aromatic carbocycles. The van der Waals surface area contributed by atoms with E-state index in [2.05, 4.69) is 36.0 Å². The van der Waals surface area contributed by atoms with Crippen LogP contribution >= 0.6 is 27.7 Å². The van der Waals surface area contributed by atoms with Crippen LogP contribution in [0.5, 0.6) is 0 Å². The van der Waals surface area contributed by atoms with E-state index in [1.807, 2.05) is 38.1 Å². The fourth-order valence-corrected chi connectivity index (χ4v) is 3.57. The van der Waals surface area contributed by atoms with Crippen molar-refractivity contribution in [1.82, 2.24) is 14.8 Å². The molecule has 0 unspecified atom stereocenters. The van der Waals surface area contributed by atoms with Gasteiger partial charge in [0.2, 0.25) is 5.91 Å². The number of aryl methyl sites for hydroxylation is 1. The average molecular weight is 381 g/mol. The summed E-state index contributed by atoms with van der Waals surface area (Å²) in [6, 6.07) is 8.08. The third-order valence-corrected chi connectivity index (χ3v) is 5.04. The van der Waals surface area contributed by atoms with Gasteiger partial charge in [-0.05, 0) is 44.9 Å². The zero-order valence-corrected chi connectivity index (χ0v) is 14.8. The summed E-state index contributed by atoms with van der Waals surface area (Å²) in [5.74, 6) is 0.885. The van der Waals surface area contributed by atoms with Crippen molar-refractivity contribution in [3.8, 4) is 0 Å². The second-order valence-corrected chi connectivity index (χ2v) is 7.61. The van der Waals surface area contributed by atoms with Crippen LogP contribution in [-0.2, 0) is 4.79 Å². The van der Waals surface area contributed by atoms with Crippen LogP contribution in [0, 0.1) is 6.92 Å². The molecule has 1 saturated carbocycles. The van der Waals surface area contributed by atoms with Crippen LogP contribution in [0.1, 0.15) is 31.6 Å². The Kier molecular flexibility index (Phi) is 4.54. The Morgan fingerprint density at radius 2 is 2.23 bits per heavy atom. The molecule has 1 fully saturated rings. The van der Waals surface area contributed by atoms with Crippen molar-refractivity contribution >= 4 is 39.3 Å². The maximum Gasteiger partial charge on any atom is 0.237 e. The lowest BCUT2D eigenvalue weighted by molar-refractivity contribution is -0.115. The third-order valence-electron chi connectivity index (χ3n) is 3.49. The quantitative estimate of drug-likeness (QED) is 0.801. The number of rotatable bonds is 5. The van der Waals surface area contributed by atoms with Gasteiger partial charge in [-0.2, -0.15) is 0 Å². The van der Waals surface area contributed by atoms with E-state index in [1.165, 1.54) is 24.6 Å². The van der Waals surface area contributed by atoms with E-state index in [9.17, 15) is 4.79 Å². The van der Waals surface area contributed by atoms with Gasteiger partial charge in [-0.1, -0.05) is 33.8 Å². The largest absolute Gasteiger partial charge is 0.325 e. The number of amides is 1. The van der Waals surface area contributed by atoms with E-state index in [-0.39, 0.29) is 11.2 Å². The Bertz CT molecular complexity index is 699. The summed E-state index contributed by atoms with van der Waals surface area (Å²) in [6.45, 7) is 3.85. The molecule has 3 rings (SSSR count). The fraction of sp³-hybridized carbons (Fsp3) is 0.400. The zero-order chi connectivity index (χ0) is 15.7. The molecule has 1 aliphatic rings. The predicted molar refractivity (Wildman–Crippen MR) is 91.1 cm³/mol. The van der Waals surface area contributed by atoms with Gasteiger partial charge in [-0.15, -0.1) is 10.2 Å². The van der Waals surface area contributed by atoms with Crippen molar-refractivity contribution in [2.75, 3.05) is 5.32 Å². The molecule has 0 spiro atoms. The van der Waals surface area contributed by atoms with Gasteiger partial charge in [0.15, 0.2) is 5.16 Å². The maximum atomic E-state index is 12.3. The molecule has 1 heterocycles. The first-order valence-electron chi connectivity index (χ1n) is 7.19. The SMILES string of the molecule is Cc1nnc(S[C@H](C)C(=O)Nc2cccc(Br)c2)n1C1CC1. The highest BCUT2D eigenvalue weighted by molar-refractivity contribution is 9.10. The molecular formula is C15H17BrN4OS. The molecule has 7 heteroatoms. The first-order chi connectivity index (χ1) is 10.5. The minimum atomic E-state index is -0.236. The van der Waals surface area contributed by atoms with Crippen LogP contribution in [0.15, 0.2) is 33.9 Å². The van der Waals surface area contributed by atoms with E-state index >= 15 is 0 Å². The zero-order valence-electron chi connectivity index (χ0n) is 12.4. The second-order valence-electron chi connectivity index (χ2n) is 5.39. The molecule has 0 radical (unpaired) electrons. The van der Waals surface area contributed by atoms with Crippen LogP contribution in [-0.4, -0.2) is 25.9 Å². The van der Waals surface area contributed by atoms with Gasteiger partial charge in [0, 0.05) is 16.2 Å². The summed E-state index contributed by atoms with van der Waals surface area (Å²) in [5, 5.41) is 11.9.